The summed E-state index contributed by atoms with van der Waals surface area (Å²) in [5, 5.41) is -0.217. The average Bonchev–Trinajstić information content (AvgIpc) is 2.66. The van der Waals surface area contributed by atoms with Gasteiger partial charge in [-0.05, 0) is 98.8 Å². The minimum absolute atomic E-state index is 0.0455. The minimum Gasteiger partial charge on any atom is -0.412 e. The molecule has 0 bridgehead atoms. The Morgan fingerprint density at radius 2 is 1.03 bits per heavy atom. The van der Waals surface area contributed by atoms with Crippen molar-refractivity contribution in [1.29, 1.82) is 0 Å². The standard InChI is InChI=1S/C27H63NO2Si3/c1-14-17-21-28(22-18-15-2)23-20-24-31(8,9)26(4,5)30-33(12,13)27(6,7)29-32(10,11)25-19-16-3/h14-25H2,1-13H3. The molecule has 0 radical (unpaired) electrons. The van der Waals surface area contributed by atoms with Gasteiger partial charge in [0.15, 0.2) is 8.32 Å². The van der Waals surface area contributed by atoms with E-state index in [2.05, 4.69) is 92.6 Å². The third kappa shape index (κ3) is 11.9. The van der Waals surface area contributed by atoms with Gasteiger partial charge in [-0.15, -0.1) is 0 Å². The van der Waals surface area contributed by atoms with Crippen LogP contribution >= 0.6 is 0 Å². The Balaban J connectivity index is 5.16. The monoisotopic (exact) mass is 517 g/mol. The molecule has 33 heavy (non-hydrogen) atoms. The van der Waals surface area contributed by atoms with Crippen molar-refractivity contribution < 1.29 is 8.85 Å². The summed E-state index contributed by atoms with van der Waals surface area (Å²) in [6.45, 7) is 34.7. The van der Waals surface area contributed by atoms with Crippen molar-refractivity contribution in [2.24, 2.45) is 0 Å². The van der Waals surface area contributed by atoms with Crippen LogP contribution in [-0.2, 0) is 8.85 Å². The summed E-state index contributed by atoms with van der Waals surface area (Å²) in [6, 6.07) is 2.57. The van der Waals surface area contributed by atoms with E-state index in [0.717, 1.165) is 0 Å². The molecule has 6 heteroatoms. The quantitative estimate of drug-likeness (QED) is 0.160. The first-order valence-corrected chi connectivity index (χ1v) is 23.3. The van der Waals surface area contributed by atoms with Gasteiger partial charge in [-0.2, -0.15) is 0 Å². The average molecular weight is 518 g/mol. The normalized spacial score (nSPS) is 14.4. The fraction of sp³-hybridized carbons (Fsp3) is 1.00. The Morgan fingerprint density at radius 3 is 1.48 bits per heavy atom. The summed E-state index contributed by atoms with van der Waals surface area (Å²) in [5.74, 6) is 0. The van der Waals surface area contributed by atoms with Crippen molar-refractivity contribution in [2.75, 3.05) is 19.6 Å². The van der Waals surface area contributed by atoms with Gasteiger partial charge in [0, 0.05) is 5.22 Å². The molecule has 200 valence electrons. The third-order valence-electron chi connectivity index (χ3n) is 8.19. The molecule has 0 heterocycles. The fourth-order valence-corrected chi connectivity index (χ4v) is 14.0. The molecule has 0 aromatic carbocycles. The predicted molar refractivity (Wildman–Crippen MR) is 158 cm³/mol. The van der Waals surface area contributed by atoms with Crippen molar-refractivity contribution >= 4 is 24.7 Å². The Bertz CT molecular complexity index is 525. The van der Waals surface area contributed by atoms with E-state index < -0.39 is 24.7 Å². The van der Waals surface area contributed by atoms with Crippen molar-refractivity contribution in [1.82, 2.24) is 4.90 Å². The molecule has 0 aliphatic heterocycles. The van der Waals surface area contributed by atoms with E-state index in [0.29, 0.717) is 0 Å². The van der Waals surface area contributed by atoms with Crippen LogP contribution in [0.5, 0.6) is 0 Å². The molecule has 0 saturated heterocycles. The topological polar surface area (TPSA) is 21.7 Å². The molecule has 0 aliphatic rings. The van der Waals surface area contributed by atoms with Gasteiger partial charge in [-0.25, -0.2) is 0 Å². The Labute approximate surface area is 213 Å². The van der Waals surface area contributed by atoms with E-state index in [4.69, 9.17) is 8.85 Å². The van der Waals surface area contributed by atoms with Gasteiger partial charge >= 0.3 is 0 Å². The van der Waals surface area contributed by atoms with Crippen LogP contribution in [0.3, 0.4) is 0 Å². The molecule has 0 saturated carbocycles. The summed E-state index contributed by atoms with van der Waals surface area (Å²) in [5.41, 5.74) is 0. The predicted octanol–water partition coefficient (Wildman–Crippen LogP) is 8.87. The largest absolute Gasteiger partial charge is 0.412 e. The first-order valence-electron chi connectivity index (χ1n) is 14.1. The molecule has 0 N–H and O–H groups in total. The Hall–Kier alpha value is 0.531. The SMILES string of the molecule is CCCCN(CCCC)CCC[Si](C)(C)C(C)(C)O[Si](C)(C)C(C)(C)O[Si](C)(C)CCCC. The number of hydrogen-bond donors (Lipinski definition) is 0. The molecule has 0 unspecified atom stereocenters. The molecule has 0 rings (SSSR count). The smallest absolute Gasteiger partial charge is 0.216 e. The van der Waals surface area contributed by atoms with Gasteiger partial charge in [-0.1, -0.05) is 65.6 Å². The van der Waals surface area contributed by atoms with Crippen LogP contribution < -0.4 is 0 Å². The minimum atomic E-state index is -2.08. The van der Waals surface area contributed by atoms with Gasteiger partial charge in [0.05, 0.1) is 13.3 Å². The molecule has 0 aliphatic carbocycles. The van der Waals surface area contributed by atoms with Crippen LogP contribution in [0.4, 0.5) is 0 Å². The fourth-order valence-electron chi connectivity index (χ4n) is 4.51. The number of nitrogens with zero attached hydrogens (tertiary/aromatic N) is 1. The highest BCUT2D eigenvalue weighted by molar-refractivity contribution is 6.82. The van der Waals surface area contributed by atoms with E-state index in [1.807, 2.05) is 0 Å². The third-order valence-corrected chi connectivity index (χ3v) is 20.2. The molecular formula is C27H63NO2Si3. The van der Waals surface area contributed by atoms with Crippen LogP contribution in [0.15, 0.2) is 0 Å². The molecule has 0 amide bonds. The number of unbranched alkanes of at least 4 members (excludes halogenated alkanes) is 3. The van der Waals surface area contributed by atoms with Gasteiger partial charge in [0.2, 0.25) is 8.32 Å². The van der Waals surface area contributed by atoms with Crippen LogP contribution in [0.1, 0.15) is 93.4 Å². The van der Waals surface area contributed by atoms with Crippen molar-refractivity contribution in [2.45, 2.75) is 155 Å². The summed E-state index contributed by atoms with van der Waals surface area (Å²) in [6.07, 6.45) is 9.06. The zero-order valence-electron chi connectivity index (χ0n) is 25.2. The van der Waals surface area contributed by atoms with Gasteiger partial charge in [0.25, 0.3) is 0 Å². The second-order valence-corrected chi connectivity index (χ2v) is 27.3. The molecular weight excluding hydrogens is 455 g/mol. The summed E-state index contributed by atoms with van der Waals surface area (Å²) in [7, 11) is -5.36. The van der Waals surface area contributed by atoms with Crippen molar-refractivity contribution in [3.05, 3.63) is 0 Å². The first-order chi connectivity index (χ1) is 15.0. The maximum atomic E-state index is 7.18. The maximum Gasteiger partial charge on any atom is 0.216 e. The highest BCUT2D eigenvalue weighted by Crippen LogP contribution is 2.38. The molecule has 0 atom stereocenters. The zero-order chi connectivity index (χ0) is 26.0. The second kappa shape index (κ2) is 14.3. The van der Waals surface area contributed by atoms with Crippen LogP contribution in [0.25, 0.3) is 0 Å². The molecule has 3 nitrogen and oxygen atoms in total. The van der Waals surface area contributed by atoms with Crippen LogP contribution in [0.2, 0.25) is 51.4 Å². The highest BCUT2D eigenvalue weighted by atomic mass is 28.4. The number of hydrogen-bond acceptors (Lipinski definition) is 3. The Kier molecular flexibility index (Phi) is 14.5. The summed E-state index contributed by atoms with van der Waals surface area (Å²) >= 11 is 0. The maximum absolute atomic E-state index is 7.18. The lowest BCUT2D eigenvalue weighted by molar-refractivity contribution is 0.0981. The van der Waals surface area contributed by atoms with E-state index in [9.17, 15) is 0 Å². The van der Waals surface area contributed by atoms with Gasteiger partial charge in [-0.3, -0.25) is 0 Å². The molecule has 0 fully saturated rings. The van der Waals surface area contributed by atoms with E-state index in [1.165, 1.54) is 76.7 Å². The van der Waals surface area contributed by atoms with Gasteiger partial charge < -0.3 is 13.8 Å². The van der Waals surface area contributed by atoms with E-state index >= 15 is 0 Å². The molecule has 0 spiro atoms. The lowest BCUT2D eigenvalue weighted by Crippen LogP contribution is -2.65. The van der Waals surface area contributed by atoms with Crippen LogP contribution in [-0.4, -0.2) is 59.7 Å². The second-order valence-electron chi connectivity index (χ2n) is 13.1. The summed E-state index contributed by atoms with van der Waals surface area (Å²) < 4.78 is 14.1. The molecule has 0 aromatic rings. The van der Waals surface area contributed by atoms with Crippen LogP contribution in [0, 0.1) is 0 Å². The molecule has 0 aromatic heterocycles. The Morgan fingerprint density at radius 1 is 0.576 bits per heavy atom. The van der Waals surface area contributed by atoms with Gasteiger partial charge in [0.1, 0.15) is 0 Å². The van der Waals surface area contributed by atoms with E-state index in [1.54, 1.807) is 0 Å². The lowest BCUT2D eigenvalue weighted by Gasteiger charge is -2.51. The summed E-state index contributed by atoms with van der Waals surface area (Å²) in [4.78, 5) is 2.71. The first kappa shape index (κ1) is 33.5. The highest BCUT2D eigenvalue weighted by Gasteiger charge is 2.51. The lowest BCUT2D eigenvalue weighted by atomic mass is 10.2. The van der Waals surface area contributed by atoms with E-state index in [-0.39, 0.29) is 10.4 Å². The van der Waals surface area contributed by atoms with Crippen molar-refractivity contribution in [3.8, 4) is 0 Å². The zero-order valence-corrected chi connectivity index (χ0v) is 28.2. The number of rotatable bonds is 19. The van der Waals surface area contributed by atoms with Crippen molar-refractivity contribution in [3.63, 3.8) is 0 Å².